The Morgan fingerprint density at radius 1 is 1.86 bits per heavy atom. The van der Waals surface area contributed by atoms with Gasteiger partial charge in [0.05, 0.1) is 11.5 Å². The third-order valence-corrected chi connectivity index (χ3v) is 0.527. The van der Waals surface area contributed by atoms with Gasteiger partial charge in [0.15, 0.2) is 11.4 Å². The van der Waals surface area contributed by atoms with Gasteiger partial charge in [-0.2, -0.15) is 0 Å². The molecule has 1 aromatic rings. The fourth-order valence-corrected chi connectivity index (χ4v) is 0.258. The fraction of sp³-hybridized carbons (Fsp3) is 0. The molecule has 4 heteroatoms. The summed E-state index contributed by atoms with van der Waals surface area (Å²) in [5, 5.41) is 11.2. The van der Waals surface area contributed by atoms with E-state index in [4.69, 9.17) is 5.39 Å². The summed E-state index contributed by atoms with van der Waals surface area (Å²) in [6.07, 6.45) is 1.33. The van der Waals surface area contributed by atoms with E-state index in [1.807, 2.05) is 0 Å². The van der Waals surface area contributed by atoms with Crippen molar-refractivity contribution < 1.29 is 4.52 Å². The molecule has 0 fully saturated rings. The van der Waals surface area contributed by atoms with Crippen LogP contribution in [0.2, 0.25) is 0 Å². The van der Waals surface area contributed by atoms with Crippen LogP contribution in [0.25, 0.3) is 4.98 Å². The van der Waals surface area contributed by atoms with Gasteiger partial charge in [-0.3, -0.25) is 4.52 Å². The van der Waals surface area contributed by atoms with E-state index in [0.29, 0.717) is 0 Å². The van der Waals surface area contributed by atoms with Gasteiger partial charge in [-0.05, 0) is 0 Å². The minimum Gasteiger partial charge on any atom is -0.264 e. The summed E-state index contributed by atoms with van der Waals surface area (Å²) in [4.78, 5) is 2.73. The second-order valence-corrected chi connectivity index (χ2v) is 0.958. The first-order chi connectivity index (χ1) is 3.43. The van der Waals surface area contributed by atoms with Gasteiger partial charge in [0.25, 0.3) is 0 Å². The third-order valence-electron chi connectivity index (χ3n) is 0.527. The maximum Gasteiger partial charge on any atom is 0.510 e. The Kier molecular flexibility index (Phi) is 0.755. The first-order valence-electron chi connectivity index (χ1n) is 1.69. The molecule has 0 spiro atoms. The number of nitrogens with zero attached hydrogens (tertiary/aromatic N) is 3. The average Bonchev–Trinajstić information content (AvgIpc) is 2.14. The van der Waals surface area contributed by atoms with E-state index in [-0.39, 0.29) is 5.82 Å². The Bertz CT molecular complexity index is 173. The van der Waals surface area contributed by atoms with Crippen LogP contribution in [0.1, 0.15) is 0 Å². The maximum absolute atomic E-state index is 7.93. The van der Waals surface area contributed by atoms with E-state index in [0.717, 1.165) is 0 Å². The van der Waals surface area contributed by atoms with Crippen molar-refractivity contribution >= 4 is 5.82 Å². The smallest absolute Gasteiger partial charge is 0.264 e. The molecule has 0 bridgehead atoms. The van der Waals surface area contributed by atoms with E-state index in [1.54, 1.807) is 0 Å². The van der Waals surface area contributed by atoms with Crippen LogP contribution in [0.15, 0.2) is 16.9 Å². The predicted octanol–water partition coefficient (Wildman–Crippen LogP) is 1.16. The summed E-state index contributed by atoms with van der Waals surface area (Å²) in [6.45, 7) is 0. The highest BCUT2D eigenvalue weighted by atomic mass is 16.5. The van der Waals surface area contributed by atoms with Crippen molar-refractivity contribution in [1.29, 1.82) is 5.39 Å². The number of hydrogen-bond acceptors (Lipinski definition) is 3. The number of diazo groups is 1. The molecule has 0 aliphatic carbocycles. The predicted molar refractivity (Wildman–Crippen MR) is 21.2 cm³/mol. The zero-order valence-electron chi connectivity index (χ0n) is 3.40. The Hall–Kier alpha value is -1.37. The van der Waals surface area contributed by atoms with Gasteiger partial charge in [0, 0.05) is 4.98 Å². The Morgan fingerprint density at radius 3 is 3.00 bits per heavy atom. The topological polar surface area (TPSA) is 54.2 Å². The van der Waals surface area contributed by atoms with Gasteiger partial charge in [0.2, 0.25) is 0 Å². The van der Waals surface area contributed by atoms with Crippen LogP contribution in [-0.2, 0) is 0 Å². The quantitative estimate of drug-likeness (QED) is 0.455. The molecular weight excluding hydrogens is 94.1 g/mol. The first kappa shape index (κ1) is 3.81. The molecule has 0 aliphatic heterocycles. The van der Waals surface area contributed by atoms with E-state index >= 15 is 0 Å². The minimum absolute atomic E-state index is 0.194. The molecule has 34 valence electrons. The lowest BCUT2D eigenvalue weighted by molar-refractivity contribution is 0.423. The summed E-state index contributed by atoms with van der Waals surface area (Å²) in [5.41, 5.74) is 0. The minimum atomic E-state index is 0.194. The fourth-order valence-electron chi connectivity index (χ4n) is 0.258. The van der Waals surface area contributed by atoms with Gasteiger partial charge >= 0.3 is 5.82 Å². The van der Waals surface area contributed by atoms with Crippen LogP contribution >= 0.6 is 0 Å². The molecular formula is C3H2N3O+. The molecule has 1 rings (SSSR count). The number of aromatic nitrogens is 1. The summed E-state index contributed by atoms with van der Waals surface area (Å²) in [7, 11) is 0. The molecule has 0 aliphatic rings. The average molecular weight is 96.1 g/mol. The van der Waals surface area contributed by atoms with E-state index in [1.165, 1.54) is 12.3 Å². The monoisotopic (exact) mass is 96.0 g/mol. The molecule has 1 heterocycles. The van der Waals surface area contributed by atoms with E-state index in [9.17, 15) is 0 Å². The summed E-state index contributed by atoms with van der Waals surface area (Å²) >= 11 is 0. The van der Waals surface area contributed by atoms with E-state index in [2.05, 4.69) is 14.7 Å². The normalized spacial score (nSPS) is 7.86. The lowest BCUT2D eigenvalue weighted by atomic mass is 10.7. The van der Waals surface area contributed by atoms with Crippen LogP contribution < -0.4 is 0 Å². The molecule has 0 radical (unpaired) electrons. The van der Waals surface area contributed by atoms with Crippen molar-refractivity contribution in [3.05, 3.63) is 17.3 Å². The van der Waals surface area contributed by atoms with Crippen molar-refractivity contribution in [3.63, 3.8) is 0 Å². The molecule has 0 aromatic carbocycles. The van der Waals surface area contributed by atoms with Crippen molar-refractivity contribution in [2.24, 2.45) is 0 Å². The van der Waals surface area contributed by atoms with Gasteiger partial charge in [-0.1, -0.05) is 0 Å². The molecule has 0 atom stereocenters. The molecule has 1 aromatic heterocycles. The lowest BCUT2D eigenvalue weighted by Crippen LogP contribution is -1.48. The number of hydrogen-bond donors (Lipinski definition) is 0. The summed E-state index contributed by atoms with van der Waals surface area (Å²) in [6, 6.07) is 1.44. The zero-order chi connectivity index (χ0) is 5.11. The standard InChI is InChI=1S/C3H2N3O/c4-5-3-1-2-7-6-3/h1-2H/q+1. The second kappa shape index (κ2) is 1.39. The number of rotatable bonds is 0. The van der Waals surface area contributed by atoms with Crippen molar-refractivity contribution in [3.8, 4) is 0 Å². The summed E-state index contributed by atoms with van der Waals surface area (Å²) < 4.78 is 4.30. The molecule has 0 unspecified atom stereocenters. The second-order valence-electron chi connectivity index (χ2n) is 0.958. The zero-order valence-corrected chi connectivity index (χ0v) is 3.40. The molecule has 0 amide bonds. The van der Waals surface area contributed by atoms with Gasteiger partial charge < -0.3 is 0 Å². The van der Waals surface area contributed by atoms with Crippen LogP contribution in [0.5, 0.6) is 0 Å². The van der Waals surface area contributed by atoms with Crippen molar-refractivity contribution in [2.75, 3.05) is 0 Å². The third kappa shape index (κ3) is 0.550. The molecule has 7 heavy (non-hydrogen) atoms. The van der Waals surface area contributed by atoms with Gasteiger partial charge in [-0.25, -0.2) is 0 Å². The highest BCUT2D eigenvalue weighted by molar-refractivity contribution is 5.29. The van der Waals surface area contributed by atoms with Crippen molar-refractivity contribution in [1.82, 2.24) is 5.16 Å². The van der Waals surface area contributed by atoms with Crippen molar-refractivity contribution in [2.45, 2.75) is 0 Å². The highest BCUT2D eigenvalue weighted by Gasteiger charge is 2.04. The largest absolute Gasteiger partial charge is 0.510 e. The first-order valence-corrected chi connectivity index (χ1v) is 1.69. The van der Waals surface area contributed by atoms with Crippen LogP contribution in [-0.4, -0.2) is 5.16 Å². The van der Waals surface area contributed by atoms with Crippen LogP contribution in [0.3, 0.4) is 0 Å². The van der Waals surface area contributed by atoms with Gasteiger partial charge in [0.1, 0.15) is 0 Å². The van der Waals surface area contributed by atoms with Crippen LogP contribution in [0, 0.1) is 5.39 Å². The Balaban J connectivity index is 3.04. The molecule has 4 nitrogen and oxygen atoms in total. The molecule has 0 saturated carbocycles. The van der Waals surface area contributed by atoms with Gasteiger partial charge in [-0.15, -0.1) is 0 Å². The van der Waals surface area contributed by atoms with Crippen LogP contribution in [0.4, 0.5) is 5.82 Å². The SMILES string of the molecule is N#[N+]c1ccon1. The maximum atomic E-state index is 7.93. The van der Waals surface area contributed by atoms with E-state index < -0.39 is 0 Å². The summed E-state index contributed by atoms with van der Waals surface area (Å²) in [5.74, 6) is 0.194. The highest BCUT2D eigenvalue weighted by Crippen LogP contribution is 2.03. The Morgan fingerprint density at radius 2 is 2.71 bits per heavy atom. The lowest BCUT2D eigenvalue weighted by Gasteiger charge is -1.41. The molecule has 0 N–H and O–H groups in total. The molecule has 0 saturated heterocycles. The Labute approximate surface area is 39.4 Å².